The van der Waals surface area contributed by atoms with Gasteiger partial charge in [0.05, 0.1) is 16.9 Å². The third kappa shape index (κ3) is 3.79. The Bertz CT molecular complexity index is 1240. The molecule has 2 heterocycles. The van der Waals surface area contributed by atoms with Crippen molar-refractivity contribution in [1.29, 1.82) is 0 Å². The summed E-state index contributed by atoms with van der Waals surface area (Å²) in [4.78, 5) is 21.4. The van der Waals surface area contributed by atoms with Gasteiger partial charge in [0.2, 0.25) is 0 Å². The van der Waals surface area contributed by atoms with Crippen LogP contribution in [0.15, 0.2) is 48.8 Å². The van der Waals surface area contributed by atoms with E-state index in [4.69, 9.17) is 16.3 Å². The summed E-state index contributed by atoms with van der Waals surface area (Å²) in [6, 6.07) is 12.4. The van der Waals surface area contributed by atoms with Gasteiger partial charge in [-0.05, 0) is 43.7 Å². The van der Waals surface area contributed by atoms with Gasteiger partial charge in [-0.1, -0.05) is 23.7 Å². The summed E-state index contributed by atoms with van der Waals surface area (Å²) in [5.74, 6) is 1.38. The molecule has 0 atom stereocenters. The first-order valence-electron chi connectivity index (χ1n) is 9.16. The summed E-state index contributed by atoms with van der Waals surface area (Å²) in [7, 11) is 0. The minimum absolute atomic E-state index is 0.0832. The van der Waals surface area contributed by atoms with Gasteiger partial charge in [-0.3, -0.25) is 10.1 Å². The molecule has 0 bridgehead atoms. The maximum absolute atomic E-state index is 11.2. The molecular weight excluding hydrogens is 424 g/mol. The Morgan fingerprint density at radius 1 is 1.20 bits per heavy atom. The number of aryl methyl sites for hydroxylation is 1. The van der Waals surface area contributed by atoms with E-state index >= 15 is 0 Å². The fourth-order valence-corrected chi connectivity index (χ4v) is 4.44. The fraction of sp³-hybridized carbons (Fsp3) is 0.143. The van der Waals surface area contributed by atoms with Crippen molar-refractivity contribution in [2.75, 3.05) is 11.9 Å². The third-order valence-corrected chi connectivity index (χ3v) is 5.86. The number of benzene rings is 2. The lowest BCUT2D eigenvalue weighted by atomic mass is 10.0. The number of hydrogen-bond donors (Lipinski definition) is 1. The number of thiophene rings is 1. The van der Waals surface area contributed by atoms with E-state index in [2.05, 4.69) is 15.3 Å². The van der Waals surface area contributed by atoms with Gasteiger partial charge in [0.25, 0.3) is 5.69 Å². The molecule has 0 amide bonds. The van der Waals surface area contributed by atoms with Gasteiger partial charge in [-0.15, -0.1) is 11.3 Å². The van der Waals surface area contributed by atoms with Crippen LogP contribution in [-0.2, 0) is 0 Å². The van der Waals surface area contributed by atoms with Crippen molar-refractivity contribution in [3.8, 4) is 16.9 Å². The lowest BCUT2D eigenvalue weighted by Crippen LogP contribution is -1.97. The number of fused-ring (bicyclic) bond motifs is 1. The Morgan fingerprint density at radius 2 is 1.97 bits per heavy atom. The van der Waals surface area contributed by atoms with Crippen LogP contribution < -0.4 is 10.1 Å². The zero-order valence-corrected chi connectivity index (χ0v) is 17.8. The zero-order valence-electron chi connectivity index (χ0n) is 16.2. The molecule has 0 radical (unpaired) electrons. The second-order valence-electron chi connectivity index (χ2n) is 6.44. The van der Waals surface area contributed by atoms with Gasteiger partial charge in [0.15, 0.2) is 0 Å². The number of nitrogens with one attached hydrogen (secondary N) is 1. The fourth-order valence-electron chi connectivity index (χ4n) is 3.24. The summed E-state index contributed by atoms with van der Waals surface area (Å²) in [6.07, 6.45) is 1.48. The number of nitro benzene ring substituents is 1. The summed E-state index contributed by atoms with van der Waals surface area (Å²) >= 11 is 7.50. The molecule has 30 heavy (non-hydrogen) atoms. The van der Waals surface area contributed by atoms with Gasteiger partial charge in [0.1, 0.15) is 27.7 Å². The van der Waals surface area contributed by atoms with E-state index in [1.807, 2.05) is 38.1 Å². The molecule has 152 valence electrons. The molecule has 0 aliphatic carbocycles. The first-order valence-corrected chi connectivity index (χ1v) is 10.4. The number of nitrogens with zero attached hydrogens (tertiary/aromatic N) is 3. The Balaban J connectivity index is 1.80. The van der Waals surface area contributed by atoms with E-state index in [9.17, 15) is 10.1 Å². The molecular formula is C21H17ClN4O3S. The number of aromatic nitrogens is 2. The molecule has 0 spiro atoms. The van der Waals surface area contributed by atoms with E-state index in [1.165, 1.54) is 18.5 Å². The quantitative estimate of drug-likeness (QED) is 0.276. The lowest BCUT2D eigenvalue weighted by Gasteiger charge is -2.10. The van der Waals surface area contributed by atoms with Crippen molar-refractivity contribution < 1.29 is 9.66 Å². The van der Waals surface area contributed by atoms with Gasteiger partial charge in [-0.25, -0.2) is 9.97 Å². The van der Waals surface area contributed by atoms with Crippen molar-refractivity contribution in [2.45, 2.75) is 13.8 Å². The Hall–Kier alpha value is -3.23. The molecule has 1 N–H and O–H groups in total. The van der Waals surface area contributed by atoms with Crippen LogP contribution in [0.2, 0.25) is 5.02 Å². The van der Waals surface area contributed by atoms with Crippen molar-refractivity contribution in [1.82, 2.24) is 9.97 Å². The Labute approximate surface area is 181 Å². The first-order chi connectivity index (χ1) is 14.5. The maximum atomic E-state index is 11.2. The highest BCUT2D eigenvalue weighted by Crippen LogP contribution is 2.41. The average molecular weight is 441 g/mol. The number of anilines is 2. The molecule has 0 unspecified atom stereocenters. The Morgan fingerprint density at radius 3 is 2.67 bits per heavy atom. The lowest BCUT2D eigenvalue weighted by molar-refractivity contribution is -0.384. The van der Waals surface area contributed by atoms with Crippen LogP contribution in [0.4, 0.5) is 17.2 Å². The topological polar surface area (TPSA) is 90.2 Å². The van der Waals surface area contributed by atoms with E-state index < -0.39 is 4.92 Å². The van der Waals surface area contributed by atoms with E-state index in [0.717, 1.165) is 32.0 Å². The SMILES string of the molecule is CCOc1ccc(-c2c(C)sc3ncnc(Nc4ccc(Cl)c([N+](=O)[O-])c4)c23)cc1. The highest BCUT2D eigenvalue weighted by molar-refractivity contribution is 7.19. The van der Waals surface area contributed by atoms with Gasteiger partial charge < -0.3 is 10.1 Å². The monoisotopic (exact) mass is 440 g/mol. The highest BCUT2D eigenvalue weighted by atomic mass is 35.5. The molecule has 4 aromatic rings. The molecule has 0 saturated carbocycles. The van der Waals surface area contributed by atoms with Crippen molar-refractivity contribution >= 4 is 50.3 Å². The first kappa shape index (κ1) is 20.1. The molecule has 0 saturated heterocycles. The molecule has 0 aliphatic heterocycles. The van der Waals surface area contributed by atoms with Crippen LogP contribution in [0.5, 0.6) is 5.75 Å². The smallest absolute Gasteiger partial charge is 0.289 e. The zero-order chi connectivity index (χ0) is 21.3. The number of ether oxygens (including phenoxy) is 1. The summed E-state index contributed by atoms with van der Waals surface area (Å²) in [5.41, 5.74) is 2.39. The van der Waals surface area contributed by atoms with Crippen LogP contribution in [0.1, 0.15) is 11.8 Å². The minimum Gasteiger partial charge on any atom is -0.494 e. The minimum atomic E-state index is -0.511. The molecule has 0 fully saturated rings. The van der Waals surface area contributed by atoms with Crippen LogP contribution in [0.25, 0.3) is 21.3 Å². The van der Waals surface area contributed by atoms with Crippen LogP contribution in [0, 0.1) is 17.0 Å². The molecule has 0 aliphatic rings. The largest absolute Gasteiger partial charge is 0.494 e. The van der Waals surface area contributed by atoms with Gasteiger partial charge in [-0.2, -0.15) is 0 Å². The van der Waals surface area contributed by atoms with E-state index in [0.29, 0.717) is 18.1 Å². The van der Waals surface area contributed by atoms with Crippen molar-refractivity contribution in [3.63, 3.8) is 0 Å². The summed E-state index contributed by atoms with van der Waals surface area (Å²) in [5, 5.41) is 15.4. The molecule has 2 aromatic carbocycles. The number of hydrogen-bond acceptors (Lipinski definition) is 7. The molecule has 7 nitrogen and oxygen atoms in total. The predicted octanol–water partition coefficient (Wildman–Crippen LogP) is 6.37. The van der Waals surface area contributed by atoms with Gasteiger partial charge in [0, 0.05) is 22.2 Å². The average Bonchev–Trinajstić information content (AvgIpc) is 3.07. The normalized spacial score (nSPS) is 10.9. The van der Waals surface area contributed by atoms with E-state index in [1.54, 1.807) is 17.4 Å². The highest BCUT2D eigenvalue weighted by Gasteiger charge is 2.18. The van der Waals surface area contributed by atoms with E-state index in [-0.39, 0.29) is 10.7 Å². The van der Waals surface area contributed by atoms with Crippen LogP contribution in [0.3, 0.4) is 0 Å². The standard InChI is InChI=1S/C21H17ClN4O3S/c1-3-29-15-7-4-13(5-8-15)18-12(2)30-21-19(18)20(23-11-24-21)25-14-6-9-16(22)17(10-14)26(27)28/h4-11H,3H2,1-2H3,(H,23,24,25). The third-order valence-electron chi connectivity index (χ3n) is 4.52. The number of rotatable bonds is 6. The van der Waals surface area contributed by atoms with Crippen LogP contribution in [-0.4, -0.2) is 21.5 Å². The number of halogens is 1. The molecule has 4 rings (SSSR count). The summed E-state index contributed by atoms with van der Waals surface area (Å²) in [6.45, 7) is 4.59. The summed E-state index contributed by atoms with van der Waals surface area (Å²) < 4.78 is 5.54. The molecule has 2 aromatic heterocycles. The second-order valence-corrected chi connectivity index (χ2v) is 8.05. The van der Waals surface area contributed by atoms with Crippen molar-refractivity contribution in [3.05, 3.63) is 68.8 Å². The molecule has 9 heteroatoms. The second kappa shape index (κ2) is 8.25. The predicted molar refractivity (Wildman–Crippen MR) is 120 cm³/mol. The maximum Gasteiger partial charge on any atom is 0.289 e. The Kier molecular flexibility index (Phi) is 5.52. The van der Waals surface area contributed by atoms with Crippen molar-refractivity contribution in [2.24, 2.45) is 0 Å². The van der Waals surface area contributed by atoms with Crippen LogP contribution >= 0.6 is 22.9 Å². The van der Waals surface area contributed by atoms with Gasteiger partial charge >= 0.3 is 0 Å². The number of nitro groups is 1.